The lowest BCUT2D eigenvalue weighted by molar-refractivity contribution is 0.800. The first-order valence-electron chi connectivity index (χ1n) is 7.62. The average molecular weight is 327 g/mol. The number of rotatable bonds is 3. The van der Waals surface area contributed by atoms with Gasteiger partial charge in [-0.3, -0.25) is 0 Å². The molecule has 1 aromatic carbocycles. The summed E-state index contributed by atoms with van der Waals surface area (Å²) in [6.45, 7) is 0. The zero-order valence-corrected chi connectivity index (χ0v) is 13.4. The van der Waals surface area contributed by atoms with Gasteiger partial charge in [0.1, 0.15) is 0 Å². The fourth-order valence-corrected chi connectivity index (χ4v) is 2.59. The molecule has 4 rings (SSSR count). The fraction of sp³-hybridized carbons (Fsp3) is 0.0556. The van der Waals surface area contributed by atoms with E-state index in [1.807, 2.05) is 42.3 Å². The molecule has 3 heterocycles. The molecule has 0 bridgehead atoms. The van der Waals surface area contributed by atoms with Gasteiger partial charge in [-0.2, -0.15) is 20.1 Å². The SMILES string of the molecule is CN(c1cccc(C#N)c1)c1nccc(-c2cnn3ncccc23)n1. The largest absolute Gasteiger partial charge is 0.314 e. The van der Waals surface area contributed by atoms with E-state index < -0.39 is 0 Å². The number of nitriles is 1. The smallest absolute Gasteiger partial charge is 0.230 e. The molecule has 0 spiro atoms. The molecule has 3 aromatic heterocycles. The van der Waals surface area contributed by atoms with Gasteiger partial charge in [-0.15, -0.1) is 0 Å². The van der Waals surface area contributed by atoms with Crippen molar-refractivity contribution in [3.63, 3.8) is 0 Å². The van der Waals surface area contributed by atoms with E-state index in [1.165, 1.54) is 0 Å². The van der Waals surface area contributed by atoms with Crippen molar-refractivity contribution in [1.29, 1.82) is 5.26 Å². The van der Waals surface area contributed by atoms with E-state index in [9.17, 15) is 0 Å². The lowest BCUT2D eigenvalue weighted by atomic mass is 10.2. The summed E-state index contributed by atoms with van der Waals surface area (Å²) in [7, 11) is 1.87. The summed E-state index contributed by atoms with van der Waals surface area (Å²) >= 11 is 0. The Bertz CT molecular complexity index is 1090. The molecular formula is C18H13N7. The van der Waals surface area contributed by atoms with Crippen LogP contribution < -0.4 is 4.90 Å². The molecule has 0 radical (unpaired) electrons. The van der Waals surface area contributed by atoms with E-state index >= 15 is 0 Å². The van der Waals surface area contributed by atoms with Crippen LogP contribution in [0.3, 0.4) is 0 Å². The zero-order chi connectivity index (χ0) is 17.2. The van der Waals surface area contributed by atoms with Crippen LogP contribution in [0.4, 0.5) is 11.6 Å². The predicted molar refractivity (Wildman–Crippen MR) is 93.2 cm³/mol. The Kier molecular flexibility index (Phi) is 3.56. The molecule has 0 atom stereocenters. The summed E-state index contributed by atoms with van der Waals surface area (Å²) in [6.07, 6.45) is 5.14. The van der Waals surface area contributed by atoms with Crippen LogP contribution in [0.15, 0.2) is 61.1 Å². The van der Waals surface area contributed by atoms with Gasteiger partial charge in [0.05, 0.1) is 29.0 Å². The maximum Gasteiger partial charge on any atom is 0.230 e. The normalized spacial score (nSPS) is 10.6. The first kappa shape index (κ1) is 14.8. The Morgan fingerprint density at radius 2 is 2.00 bits per heavy atom. The van der Waals surface area contributed by atoms with Crippen molar-refractivity contribution >= 4 is 17.2 Å². The first-order chi connectivity index (χ1) is 12.3. The Morgan fingerprint density at radius 1 is 1.08 bits per heavy atom. The quantitative estimate of drug-likeness (QED) is 0.575. The summed E-state index contributed by atoms with van der Waals surface area (Å²) < 4.78 is 1.57. The molecule has 4 aromatic rings. The lowest BCUT2D eigenvalue weighted by Gasteiger charge is -2.17. The Balaban J connectivity index is 1.75. The van der Waals surface area contributed by atoms with Gasteiger partial charge in [0.15, 0.2) is 0 Å². The van der Waals surface area contributed by atoms with E-state index in [0.717, 1.165) is 22.5 Å². The van der Waals surface area contributed by atoms with E-state index in [2.05, 4.69) is 26.2 Å². The van der Waals surface area contributed by atoms with Crippen molar-refractivity contribution in [2.75, 3.05) is 11.9 Å². The van der Waals surface area contributed by atoms with E-state index in [0.29, 0.717) is 11.5 Å². The summed E-state index contributed by atoms with van der Waals surface area (Å²) in [5.41, 5.74) is 3.96. The van der Waals surface area contributed by atoms with Gasteiger partial charge in [-0.05, 0) is 36.4 Å². The molecule has 0 unspecified atom stereocenters. The lowest BCUT2D eigenvalue weighted by Crippen LogP contribution is -2.13. The van der Waals surface area contributed by atoms with Crippen LogP contribution in [0.5, 0.6) is 0 Å². The minimum absolute atomic E-state index is 0.538. The van der Waals surface area contributed by atoms with Crippen LogP contribution >= 0.6 is 0 Å². The number of nitrogens with zero attached hydrogens (tertiary/aromatic N) is 7. The van der Waals surface area contributed by atoms with Crippen LogP contribution in [0.2, 0.25) is 0 Å². The van der Waals surface area contributed by atoms with Crippen molar-refractivity contribution in [2.24, 2.45) is 0 Å². The van der Waals surface area contributed by atoms with Crippen LogP contribution in [0, 0.1) is 11.3 Å². The second-order valence-corrected chi connectivity index (χ2v) is 5.42. The maximum absolute atomic E-state index is 9.07. The number of hydrogen-bond acceptors (Lipinski definition) is 6. The summed E-state index contributed by atoms with van der Waals surface area (Å²) in [4.78, 5) is 10.8. The third kappa shape index (κ3) is 2.66. The highest BCUT2D eigenvalue weighted by atomic mass is 15.4. The molecule has 0 amide bonds. The topological polar surface area (TPSA) is 83.0 Å². The molecule has 120 valence electrons. The molecule has 0 aliphatic carbocycles. The Hall–Kier alpha value is -3.79. The summed E-state index contributed by atoms with van der Waals surface area (Å²) in [5.74, 6) is 0.538. The van der Waals surface area contributed by atoms with Crippen LogP contribution in [0.25, 0.3) is 16.8 Å². The van der Waals surface area contributed by atoms with E-state index in [4.69, 9.17) is 5.26 Å². The molecule has 0 aliphatic heterocycles. The number of fused-ring (bicyclic) bond motifs is 1. The molecule has 7 heteroatoms. The fourth-order valence-electron chi connectivity index (χ4n) is 2.59. The molecule has 0 fully saturated rings. The Labute approximate surface area is 143 Å². The monoisotopic (exact) mass is 327 g/mol. The van der Waals surface area contributed by atoms with Gasteiger partial charge < -0.3 is 4.90 Å². The third-order valence-electron chi connectivity index (χ3n) is 3.89. The number of anilines is 2. The van der Waals surface area contributed by atoms with Gasteiger partial charge in [-0.1, -0.05) is 6.07 Å². The second kappa shape index (κ2) is 6.02. The van der Waals surface area contributed by atoms with Gasteiger partial charge in [0.2, 0.25) is 5.95 Å². The molecule has 0 saturated heterocycles. The highest BCUT2D eigenvalue weighted by molar-refractivity contribution is 5.77. The average Bonchev–Trinajstić information content (AvgIpc) is 3.12. The van der Waals surface area contributed by atoms with Crippen molar-refractivity contribution in [2.45, 2.75) is 0 Å². The summed E-state index contributed by atoms with van der Waals surface area (Å²) in [6, 6.07) is 15.1. The standard InChI is InChI=1S/C18H13N7/c1-24(14-5-2-4-13(10-14)11-19)18-20-9-7-16(23-18)15-12-22-25-17(15)6-3-8-21-25/h2-10,12H,1H3. The van der Waals surface area contributed by atoms with Crippen LogP contribution in [-0.2, 0) is 0 Å². The molecule has 7 nitrogen and oxygen atoms in total. The number of hydrogen-bond donors (Lipinski definition) is 0. The van der Waals surface area contributed by atoms with Gasteiger partial charge in [0, 0.05) is 30.7 Å². The number of aromatic nitrogens is 5. The summed E-state index contributed by atoms with van der Waals surface area (Å²) in [5, 5.41) is 17.5. The van der Waals surface area contributed by atoms with Crippen molar-refractivity contribution in [3.8, 4) is 17.3 Å². The van der Waals surface area contributed by atoms with Crippen molar-refractivity contribution in [1.82, 2.24) is 24.8 Å². The molecule has 25 heavy (non-hydrogen) atoms. The van der Waals surface area contributed by atoms with Gasteiger partial charge in [-0.25, -0.2) is 9.97 Å². The zero-order valence-electron chi connectivity index (χ0n) is 13.4. The van der Waals surface area contributed by atoms with Gasteiger partial charge in [0.25, 0.3) is 0 Å². The van der Waals surface area contributed by atoms with E-state index in [1.54, 1.807) is 35.4 Å². The molecule has 0 saturated carbocycles. The maximum atomic E-state index is 9.07. The van der Waals surface area contributed by atoms with Crippen molar-refractivity contribution in [3.05, 3.63) is 66.6 Å². The van der Waals surface area contributed by atoms with Crippen molar-refractivity contribution < 1.29 is 0 Å². The minimum atomic E-state index is 0.538. The molecule has 0 N–H and O–H groups in total. The third-order valence-corrected chi connectivity index (χ3v) is 3.89. The van der Waals surface area contributed by atoms with Crippen LogP contribution in [0.1, 0.15) is 5.56 Å². The van der Waals surface area contributed by atoms with Gasteiger partial charge >= 0.3 is 0 Å². The van der Waals surface area contributed by atoms with E-state index in [-0.39, 0.29) is 0 Å². The minimum Gasteiger partial charge on any atom is -0.314 e. The van der Waals surface area contributed by atoms with Crippen LogP contribution in [-0.4, -0.2) is 31.8 Å². The molecule has 0 aliphatic rings. The second-order valence-electron chi connectivity index (χ2n) is 5.42. The number of benzene rings is 1. The predicted octanol–water partition coefficient (Wildman–Crippen LogP) is 2.83. The molecular weight excluding hydrogens is 314 g/mol. The Morgan fingerprint density at radius 3 is 2.88 bits per heavy atom. The highest BCUT2D eigenvalue weighted by Gasteiger charge is 2.12. The highest BCUT2D eigenvalue weighted by Crippen LogP contribution is 2.26. The first-order valence-corrected chi connectivity index (χ1v) is 7.62.